The summed E-state index contributed by atoms with van der Waals surface area (Å²) in [4.78, 5) is 0. The van der Waals surface area contributed by atoms with E-state index in [0.717, 1.165) is 22.1 Å². The first-order chi connectivity index (χ1) is 12.9. The van der Waals surface area contributed by atoms with Crippen molar-refractivity contribution in [1.29, 1.82) is 0 Å². The van der Waals surface area contributed by atoms with Gasteiger partial charge in [0.2, 0.25) is 20.0 Å². The van der Waals surface area contributed by atoms with E-state index in [-0.39, 0.29) is 18.1 Å². The lowest BCUT2D eigenvalue weighted by Gasteiger charge is -2.25. The second-order valence-corrected chi connectivity index (χ2v) is 26.1. The molecule has 0 heterocycles. The van der Waals surface area contributed by atoms with Gasteiger partial charge < -0.3 is 0 Å². The summed E-state index contributed by atoms with van der Waals surface area (Å²) in [5, 5.41) is 0. The molecule has 0 radical (unpaired) electrons. The molecule has 29 heavy (non-hydrogen) atoms. The third kappa shape index (κ3) is 13.6. The van der Waals surface area contributed by atoms with Gasteiger partial charge in [-0.2, -0.15) is 0 Å². The van der Waals surface area contributed by atoms with Gasteiger partial charge in [0.1, 0.15) is 0 Å². The molecule has 0 aromatic rings. The molecule has 0 aromatic heterocycles. The first-order valence-corrected chi connectivity index (χ1v) is 21.0. The number of rotatable bonds is 13. The van der Waals surface area contributed by atoms with Crippen LogP contribution in [0.3, 0.4) is 0 Å². The van der Waals surface area contributed by atoms with E-state index in [4.69, 9.17) is 0 Å². The van der Waals surface area contributed by atoms with Gasteiger partial charge in [0.15, 0.2) is 0 Å². The molecule has 0 N–H and O–H groups in total. The minimum Gasteiger partial charge on any atom is -0.211 e. The van der Waals surface area contributed by atoms with Gasteiger partial charge in [-0.05, 0) is 45.7 Å². The first-order valence-electron chi connectivity index (χ1n) is 10.4. The lowest BCUT2D eigenvalue weighted by Crippen LogP contribution is -2.42. The Morgan fingerprint density at radius 1 is 0.759 bits per heavy atom. The maximum atomic E-state index is 13.0. The number of allylic oxidation sites excluding steroid dienone is 3. The van der Waals surface area contributed by atoms with Crippen LogP contribution in [0.5, 0.6) is 0 Å². The monoisotopic (exact) mass is 481 g/mol. The number of sulfonamides is 2. The van der Waals surface area contributed by atoms with Crippen LogP contribution in [0.2, 0.25) is 51.4 Å². The van der Waals surface area contributed by atoms with Crippen LogP contribution in [0.4, 0.5) is 0 Å². The van der Waals surface area contributed by atoms with Crippen molar-refractivity contribution in [2.45, 2.75) is 85.0 Å². The quantitative estimate of drug-likeness (QED) is 0.264. The van der Waals surface area contributed by atoms with Gasteiger partial charge in [0.25, 0.3) is 0 Å². The zero-order chi connectivity index (χ0) is 23.1. The van der Waals surface area contributed by atoms with Crippen LogP contribution < -0.4 is 0 Å². The van der Waals surface area contributed by atoms with Crippen LogP contribution in [-0.4, -0.2) is 54.7 Å². The molecule has 0 atom stereocenters. The fourth-order valence-corrected chi connectivity index (χ4v) is 12.2. The van der Waals surface area contributed by atoms with Gasteiger partial charge in [-0.15, -0.1) is 0 Å². The zero-order valence-corrected chi connectivity index (χ0v) is 23.6. The van der Waals surface area contributed by atoms with Crippen molar-refractivity contribution >= 4 is 36.2 Å². The normalized spacial score (nSPS) is 14.3. The van der Waals surface area contributed by atoms with Gasteiger partial charge in [-0.1, -0.05) is 66.3 Å². The van der Waals surface area contributed by atoms with Crippen molar-refractivity contribution < 1.29 is 16.8 Å². The third-order valence-corrected chi connectivity index (χ3v) is 13.1. The van der Waals surface area contributed by atoms with Crippen molar-refractivity contribution in [1.82, 2.24) is 3.71 Å². The molecule has 0 aromatic carbocycles. The molecule has 0 rings (SSSR count). The maximum Gasteiger partial charge on any atom is 0.227 e. The molecule has 0 bridgehead atoms. The van der Waals surface area contributed by atoms with E-state index in [2.05, 4.69) is 45.4 Å². The standard InChI is InChI=1S/C20H43NO4S2Si2/c1-19(2)11-10-12-20(3)13-14-21(26(22,23)15-17-28(4,5)6)27(24,25)16-18-29(7,8)9/h11,13H,10,12,14-18H2,1-9H3/b20-13+. The summed E-state index contributed by atoms with van der Waals surface area (Å²) in [6.45, 7) is 18.5. The average molecular weight is 482 g/mol. The van der Waals surface area contributed by atoms with E-state index in [9.17, 15) is 16.8 Å². The van der Waals surface area contributed by atoms with Gasteiger partial charge in [-0.3, -0.25) is 0 Å². The molecule has 0 unspecified atom stereocenters. The minimum atomic E-state index is -3.87. The van der Waals surface area contributed by atoms with Crippen LogP contribution in [0, 0.1) is 0 Å². The van der Waals surface area contributed by atoms with Crippen molar-refractivity contribution in [3.8, 4) is 0 Å². The van der Waals surface area contributed by atoms with Crippen molar-refractivity contribution in [3.05, 3.63) is 23.3 Å². The summed E-state index contributed by atoms with van der Waals surface area (Å²) in [5.74, 6) is -0.195. The van der Waals surface area contributed by atoms with Crippen LogP contribution >= 0.6 is 0 Å². The highest BCUT2D eigenvalue weighted by atomic mass is 32.3. The van der Waals surface area contributed by atoms with Crippen LogP contribution in [0.15, 0.2) is 23.3 Å². The summed E-state index contributed by atoms with van der Waals surface area (Å²) < 4.78 is 52.8. The van der Waals surface area contributed by atoms with E-state index in [0.29, 0.717) is 12.1 Å². The largest absolute Gasteiger partial charge is 0.227 e. The second kappa shape index (κ2) is 11.4. The Bertz CT molecular complexity index is 735. The molecule has 0 aliphatic rings. The fraction of sp³-hybridized carbons (Fsp3) is 0.800. The highest BCUT2D eigenvalue weighted by Gasteiger charge is 2.34. The molecular formula is C20H43NO4S2Si2. The summed E-state index contributed by atoms with van der Waals surface area (Å²) in [5.41, 5.74) is 2.25. The highest BCUT2D eigenvalue weighted by molar-refractivity contribution is 8.04. The SMILES string of the molecule is CC(C)=CCC/C(C)=C/CN(S(=O)(=O)CC[Si](C)(C)C)S(=O)(=O)CC[Si](C)(C)C. The Morgan fingerprint density at radius 3 is 1.52 bits per heavy atom. The van der Waals surface area contributed by atoms with Crippen molar-refractivity contribution in [2.75, 3.05) is 18.1 Å². The highest BCUT2D eigenvalue weighted by Crippen LogP contribution is 2.20. The Kier molecular flexibility index (Phi) is 11.3. The topological polar surface area (TPSA) is 71.5 Å². The Labute approximate surface area is 182 Å². The van der Waals surface area contributed by atoms with Gasteiger partial charge in [0.05, 0.1) is 11.5 Å². The number of nitrogens with zero attached hydrogens (tertiary/aromatic N) is 1. The van der Waals surface area contributed by atoms with Crippen LogP contribution in [0.25, 0.3) is 0 Å². The smallest absolute Gasteiger partial charge is 0.211 e. The molecule has 0 saturated carbocycles. The summed E-state index contributed by atoms with van der Waals surface area (Å²) in [6, 6.07) is 1.11. The third-order valence-electron chi connectivity index (χ3n) is 4.52. The molecule has 172 valence electrons. The van der Waals surface area contributed by atoms with Gasteiger partial charge in [-0.25, -0.2) is 16.8 Å². The lowest BCUT2D eigenvalue weighted by molar-refractivity contribution is 0.514. The van der Waals surface area contributed by atoms with Crippen molar-refractivity contribution in [3.63, 3.8) is 0 Å². The Hall–Kier alpha value is -0.226. The minimum absolute atomic E-state index is 0.0945. The molecule has 9 heteroatoms. The molecule has 0 aliphatic carbocycles. The van der Waals surface area contributed by atoms with Gasteiger partial charge >= 0.3 is 0 Å². The number of hydrogen-bond donors (Lipinski definition) is 0. The molecule has 0 aliphatic heterocycles. The fourth-order valence-electron chi connectivity index (χ4n) is 2.40. The second-order valence-electron chi connectivity index (χ2n) is 10.6. The Morgan fingerprint density at radius 2 is 1.17 bits per heavy atom. The van der Waals surface area contributed by atoms with E-state index < -0.39 is 36.2 Å². The van der Waals surface area contributed by atoms with E-state index in [1.807, 2.05) is 20.8 Å². The lowest BCUT2D eigenvalue weighted by atomic mass is 10.1. The molecule has 0 spiro atoms. The van der Waals surface area contributed by atoms with E-state index in [1.54, 1.807) is 6.08 Å². The van der Waals surface area contributed by atoms with E-state index >= 15 is 0 Å². The summed E-state index contributed by atoms with van der Waals surface area (Å²) >= 11 is 0. The summed E-state index contributed by atoms with van der Waals surface area (Å²) in [7, 11) is -11.0. The molecule has 5 nitrogen and oxygen atoms in total. The molecular weight excluding hydrogens is 439 g/mol. The molecule has 0 saturated heterocycles. The first kappa shape index (κ1) is 28.8. The number of hydrogen-bond acceptors (Lipinski definition) is 4. The molecule has 0 amide bonds. The van der Waals surface area contributed by atoms with Crippen LogP contribution in [-0.2, 0) is 20.0 Å². The van der Waals surface area contributed by atoms with Gasteiger partial charge in [0, 0.05) is 22.7 Å². The zero-order valence-electron chi connectivity index (χ0n) is 20.0. The predicted octanol–water partition coefficient (Wildman–Crippen LogP) is 5.32. The Balaban J connectivity index is 5.62. The summed E-state index contributed by atoms with van der Waals surface area (Å²) in [6.07, 6.45) is 5.56. The van der Waals surface area contributed by atoms with E-state index in [1.165, 1.54) is 5.57 Å². The average Bonchev–Trinajstić information content (AvgIpc) is 2.49. The maximum absolute atomic E-state index is 13.0. The van der Waals surface area contributed by atoms with Crippen LogP contribution in [0.1, 0.15) is 33.6 Å². The molecule has 0 fully saturated rings. The predicted molar refractivity (Wildman–Crippen MR) is 133 cm³/mol. The van der Waals surface area contributed by atoms with Crippen molar-refractivity contribution in [2.24, 2.45) is 0 Å².